The summed E-state index contributed by atoms with van der Waals surface area (Å²) >= 11 is 0. The van der Waals surface area contributed by atoms with Gasteiger partial charge in [0, 0.05) is 13.5 Å². The molecule has 2 amide bonds. The summed E-state index contributed by atoms with van der Waals surface area (Å²) in [6.45, 7) is 4.41. The lowest BCUT2D eigenvalue weighted by atomic mass is 9.89. The fraction of sp³-hybridized carbons (Fsp3) is 0.571. The lowest BCUT2D eigenvalue weighted by Gasteiger charge is -2.22. The quantitative estimate of drug-likeness (QED) is 0.758. The van der Waals surface area contributed by atoms with Crippen LogP contribution in [0.2, 0.25) is 0 Å². The van der Waals surface area contributed by atoms with Crippen LogP contribution in [-0.4, -0.2) is 20.9 Å². The van der Waals surface area contributed by atoms with Gasteiger partial charge in [-0.3, -0.25) is 24.0 Å². The Morgan fingerprint density at radius 2 is 1.89 bits per heavy atom. The van der Waals surface area contributed by atoms with Crippen LogP contribution in [0.5, 0.6) is 0 Å². The van der Waals surface area contributed by atoms with Gasteiger partial charge in [0.15, 0.2) is 0 Å². The number of imidazole rings is 1. The number of carbonyl (C=O) groups excluding carboxylic acids is 2. The van der Waals surface area contributed by atoms with Gasteiger partial charge in [-0.1, -0.05) is 39.2 Å². The van der Waals surface area contributed by atoms with Crippen LogP contribution < -0.4 is 11.0 Å². The van der Waals surface area contributed by atoms with E-state index in [9.17, 15) is 14.4 Å². The van der Waals surface area contributed by atoms with E-state index >= 15 is 0 Å². The smallest absolute Gasteiger partial charge is 0.295 e. The lowest BCUT2D eigenvalue weighted by Crippen LogP contribution is -2.44. The van der Waals surface area contributed by atoms with Gasteiger partial charge in [0.25, 0.3) is 0 Å². The topological polar surface area (TPSA) is 73.1 Å². The first-order valence-corrected chi connectivity index (χ1v) is 10.0. The van der Waals surface area contributed by atoms with Crippen molar-refractivity contribution in [2.45, 2.75) is 70.8 Å². The van der Waals surface area contributed by atoms with E-state index in [0.717, 1.165) is 30.3 Å². The molecule has 1 fully saturated rings. The zero-order chi connectivity index (χ0) is 19.6. The maximum atomic E-state index is 12.9. The van der Waals surface area contributed by atoms with Crippen LogP contribution in [0, 0.1) is 0 Å². The molecule has 2 atom stereocenters. The highest BCUT2D eigenvalue weighted by atomic mass is 16.2. The maximum Gasteiger partial charge on any atom is 0.329 e. The summed E-state index contributed by atoms with van der Waals surface area (Å²) < 4.78 is 3.16. The molecule has 6 nitrogen and oxygen atoms in total. The van der Waals surface area contributed by atoms with Crippen LogP contribution in [0.1, 0.15) is 76.3 Å². The summed E-state index contributed by atoms with van der Waals surface area (Å²) in [6.07, 6.45) is 6.40. The van der Waals surface area contributed by atoms with Gasteiger partial charge < -0.3 is 0 Å². The maximum absolute atomic E-state index is 12.9. The average Bonchev–Trinajstić information content (AvgIpc) is 2.89. The lowest BCUT2D eigenvalue weighted by molar-refractivity contribution is -0.135. The Kier molecular flexibility index (Phi) is 5.82. The van der Waals surface area contributed by atoms with Crippen molar-refractivity contribution >= 4 is 22.8 Å². The Balaban J connectivity index is 2.03. The molecule has 1 aliphatic heterocycles. The molecular formula is C21H29N3O3. The second-order valence-electron chi connectivity index (χ2n) is 7.55. The van der Waals surface area contributed by atoms with Gasteiger partial charge in [0.05, 0.1) is 11.0 Å². The van der Waals surface area contributed by atoms with Crippen LogP contribution in [0.25, 0.3) is 11.0 Å². The second kappa shape index (κ2) is 8.11. The molecular weight excluding hydrogens is 342 g/mol. The van der Waals surface area contributed by atoms with E-state index in [1.54, 1.807) is 16.2 Å². The predicted octanol–water partition coefficient (Wildman–Crippen LogP) is 3.39. The van der Waals surface area contributed by atoms with E-state index < -0.39 is 11.9 Å². The number of carbonyl (C=O) groups is 2. The van der Waals surface area contributed by atoms with E-state index in [-0.39, 0.29) is 18.0 Å². The number of benzene rings is 1. The molecule has 2 heterocycles. The van der Waals surface area contributed by atoms with Crippen LogP contribution in [0.4, 0.5) is 0 Å². The summed E-state index contributed by atoms with van der Waals surface area (Å²) in [5.74, 6) is -0.171. The number of rotatable bonds is 7. The Morgan fingerprint density at radius 3 is 2.56 bits per heavy atom. The fourth-order valence-electron chi connectivity index (χ4n) is 4.14. The first-order chi connectivity index (χ1) is 13.0. The Labute approximate surface area is 159 Å². The molecule has 1 saturated heterocycles. The number of aryl methyl sites for hydroxylation is 1. The molecule has 27 heavy (non-hydrogen) atoms. The molecule has 146 valence electrons. The van der Waals surface area contributed by atoms with Gasteiger partial charge in [-0.05, 0) is 42.9 Å². The average molecular weight is 371 g/mol. The van der Waals surface area contributed by atoms with Crippen LogP contribution in [0.3, 0.4) is 0 Å². The zero-order valence-corrected chi connectivity index (χ0v) is 16.5. The second-order valence-corrected chi connectivity index (χ2v) is 7.55. The summed E-state index contributed by atoms with van der Waals surface area (Å²) in [6, 6.07) is 5.54. The largest absolute Gasteiger partial charge is 0.329 e. The highest BCUT2D eigenvalue weighted by molar-refractivity contribution is 6.00. The first kappa shape index (κ1) is 19.4. The molecule has 0 aliphatic carbocycles. The predicted molar refractivity (Wildman–Crippen MR) is 106 cm³/mol. The van der Waals surface area contributed by atoms with E-state index in [0.29, 0.717) is 12.3 Å². The van der Waals surface area contributed by atoms with Gasteiger partial charge in [0.2, 0.25) is 11.8 Å². The normalized spacial score (nSPS) is 18.7. The summed E-state index contributed by atoms with van der Waals surface area (Å²) in [5.41, 5.74) is 2.65. The fourth-order valence-corrected chi connectivity index (χ4v) is 4.14. The number of unbranched alkanes of at least 4 members (excludes halogenated alkanes) is 1. The van der Waals surface area contributed by atoms with Crippen molar-refractivity contribution in [1.82, 2.24) is 14.5 Å². The van der Waals surface area contributed by atoms with Crippen molar-refractivity contribution in [1.29, 1.82) is 0 Å². The Morgan fingerprint density at radius 1 is 1.11 bits per heavy atom. The number of aromatic nitrogens is 2. The van der Waals surface area contributed by atoms with E-state index in [4.69, 9.17) is 0 Å². The monoisotopic (exact) mass is 371 g/mol. The van der Waals surface area contributed by atoms with Gasteiger partial charge >= 0.3 is 5.69 Å². The van der Waals surface area contributed by atoms with Crippen molar-refractivity contribution in [3.8, 4) is 0 Å². The van der Waals surface area contributed by atoms with Crippen LogP contribution >= 0.6 is 0 Å². The number of nitrogens with one attached hydrogen (secondary N) is 1. The minimum atomic E-state index is -0.628. The summed E-state index contributed by atoms with van der Waals surface area (Å²) in [5, 5.41) is 2.35. The highest BCUT2D eigenvalue weighted by Crippen LogP contribution is 2.30. The standard InChI is InChI=1S/C21H29N3O3/c1-4-6-8-14(7-5-2)15-9-10-16-18(13-15)23(3)21(27)24(16)17-11-12-19(25)22-20(17)26/h9-10,13-14,17H,4-8,11-12H2,1-3H3,(H,22,25,26). The molecule has 2 unspecified atom stereocenters. The number of hydrogen-bond acceptors (Lipinski definition) is 3. The molecule has 0 spiro atoms. The van der Waals surface area contributed by atoms with Crippen molar-refractivity contribution in [2.24, 2.45) is 7.05 Å². The molecule has 6 heteroatoms. The highest BCUT2D eigenvalue weighted by Gasteiger charge is 2.31. The molecule has 1 N–H and O–H groups in total. The van der Waals surface area contributed by atoms with Gasteiger partial charge in [-0.2, -0.15) is 0 Å². The third kappa shape index (κ3) is 3.70. The number of amides is 2. The van der Waals surface area contributed by atoms with E-state index in [1.807, 2.05) is 6.07 Å². The Bertz CT molecular complexity index is 909. The van der Waals surface area contributed by atoms with E-state index in [2.05, 4.69) is 31.3 Å². The molecule has 1 aliphatic rings. The van der Waals surface area contributed by atoms with Crippen LogP contribution in [0.15, 0.2) is 23.0 Å². The molecule has 2 aromatic rings. The van der Waals surface area contributed by atoms with E-state index in [1.165, 1.54) is 18.4 Å². The van der Waals surface area contributed by atoms with Crippen molar-refractivity contribution in [3.63, 3.8) is 0 Å². The third-order valence-corrected chi connectivity index (χ3v) is 5.65. The molecule has 3 rings (SSSR count). The number of fused-ring (bicyclic) bond motifs is 1. The zero-order valence-electron chi connectivity index (χ0n) is 16.5. The minimum absolute atomic E-state index is 0.211. The van der Waals surface area contributed by atoms with Crippen molar-refractivity contribution in [3.05, 3.63) is 34.2 Å². The first-order valence-electron chi connectivity index (χ1n) is 10.0. The number of nitrogens with zero attached hydrogens (tertiary/aromatic N) is 2. The third-order valence-electron chi connectivity index (χ3n) is 5.65. The van der Waals surface area contributed by atoms with Gasteiger partial charge in [0.1, 0.15) is 6.04 Å². The number of piperidine rings is 1. The Hall–Kier alpha value is -2.37. The molecule has 0 radical (unpaired) electrons. The van der Waals surface area contributed by atoms with Gasteiger partial charge in [-0.25, -0.2) is 4.79 Å². The minimum Gasteiger partial charge on any atom is -0.295 e. The molecule has 1 aromatic heterocycles. The number of hydrogen-bond donors (Lipinski definition) is 1. The number of imide groups is 1. The van der Waals surface area contributed by atoms with Crippen molar-refractivity contribution < 1.29 is 9.59 Å². The van der Waals surface area contributed by atoms with Crippen molar-refractivity contribution in [2.75, 3.05) is 0 Å². The summed E-state index contributed by atoms with van der Waals surface area (Å²) in [7, 11) is 1.75. The van der Waals surface area contributed by atoms with Crippen LogP contribution in [-0.2, 0) is 16.6 Å². The SMILES string of the molecule is CCCCC(CCC)c1ccc2c(c1)n(C)c(=O)n2C1CCC(=O)NC1=O. The molecule has 0 saturated carbocycles. The van der Waals surface area contributed by atoms with Gasteiger partial charge in [-0.15, -0.1) is 0 Å². The summed E-state index contributed by atoms with van der Waals surface area (Å²) in [4.78, 5) is 36.6. The molecule has 0 bridgehead atoms. The molecule has 1 aromatic carbocycles.